The van der Waals surface area contributed by atoms with Gasteiger partial charge in [0.15, 0.2) is 0 Å². The molecule has 1 aromatic heterocycles. The largest absolute Gasteiger partial charge is 0.351 e. The van der Waals surface area contributed by atoms with Crippen LogP contribution in [0.1, 0.15) is 53.4 Å². The Bertz CT molecular complexity index is 1150. The number of hydrogen-bond donors (Lipinski definition) is 2. The van der Waals surface area contributed by atoms with Crippen LogP contribution in [0.4, 0.5) is 10.1 Å². The molecule has 0 saturated heterocycles. The van der Waals surface area contributed by atoms with Crippen LogP contribution in [-0.2, 0) is 9.59 Å². The predicted molar refractivity (Wildman–Crippen MR) is 135 cm³/mol. The Hall–Kier alpha value is -3.52. The molecule has 182 valence electrons. The van der Waals surface area contributed by atoms with Crippen molar-refractivity contribution in [2.45, 2.75) is 44.2 Å². The maximum absolute atomic E-state index is 15.0. The van der Waals surface area contributed by atoms with Gasteiger partial charge in [-0.1, -0.05) is 61.7 Å². The topological polar surface area (TPSA) is 78.5 Å². The van der Waals surface area contributed by atoms with Crippen molar-refractivity contribution in [1.29, 1.82) is 0 Å². The Morgan fingerprint density at radius 2 is 1.66 bits per heavy atom. The zero-order valence-electron chi connectivity index (χ0n) is 19.3. The van der Waals surface area contributed by atoms with E-state index in [9.17, 15) is 14.4 Å². The van der Waals surface area contributed by atoms with Crippen molar-refractivity contribution in [2.24, 2.45) is 0 Å². The second-order valence-electron chi connectivity index (χ2n) is 8.53. The molecule has 0 bridgehead atoms. The Balaban J connectivity index is 1.66. The molecule has 0 radical (unpaired) electrons. The first kappa shape index (κ1) is 24.6. The van der Waals surface area contributed by atoms with Crippen LogP contribution in [0, 0.1) is 5.82 Å². The Kier molecular flexibility index (Phi) is 8.26. The van der Waals surface area contributed by atoms with Crippen molar-refractivity contribution in [1.82, 2.24) is 10.6 Å². The first-order valence-electron chi connectivity index (χ1n) is 11.8. The van der Waals surface area contributed by atoms with Gasteiger partial charge in [-0.2, -0.15) is 0 Å². The summed E-state index contributed by atoms with van der Waals surface area (Å²) in [7, 11) is 0. The number of carbonyl (C=O) groups is 3. The first-order chi connectivity index (χ1) is 17.0. The standard InChI is InChI=1S/C27H28FN3O3S/c28-22-15-8-7-14-21(22)25(27(34)30-19-10-3-1-4-11-19)31(20-12-5-2-6-13-20)24(32)18-29-26(33)23-16-9-17-35-23/h2,5-9,12-17,19,25H,1,3-4,10-11,18H2,(H,29,33)(H,30,34). The quantitative estimate of drug-likeness (QED) is 0.471. The van der Waals surface area contributed by atoms with E-state index in [1.165, 1.54) is 28.4 Å². The number of nitrogens with zero attached hydrogens (tertiary/aromatic N) is 1. The van der Waals surface area contributed by atoms with Gasteiger partial charge in [-0.25, -0.2) is 4.39 Å². The third-order valence-corrected chi connectivity index (χ3v) is 6.97. The molecule has 35 heavy (non-hydrogen) atoms. The number of anilines is 1. The zero-order chi connectivity index (χ0) is 24.6. The number of amides is 3. The fraction of sp³-hybridized carbons (Fsp3) is 0.296. The molecule has 1 fully saturated rings. The number of thiophene rings is 1. The Morgan fingerprint density at radius 3 is 2.34 bits per heavy atom. The molecule has 3 aromatic rings. The number of hydrogen-bond acceptors (Lipinski definition) is 4. The van der Waals surface area contributed by atoms with E-state index in [-0.39, 0.29) is 24.1 Å². The number of para-hydroxylation sites is 1. The molecule has 0 aliphatic heterocycles. The van der Waals surface area contributed by atoms with Gasteiger partial charge in [0.25, 0.3) is 5.91 Å². The molecule has 1 heterocycles. The minimum Gasteiger partial charge on any atom is -0.351 e. The van der Waals surface area contributed by atoms with Crippen molar-refractivity contribution < 1.29 is 18.8 Å². The number of rotatable bonds is 8. The molecule has 2 aromatic carbocycles. The summed E-state index contributed by atoms with van der Waals surface area (Å²) in [5, 5.41) is 7.46. The van der Waals surface area contributed by atoms with Gasteiger partial charge in [0.1, 0.15) is 11.9 Å². The van der Waals surface area contributed by atoms with Crippen LogP contribution in [0.15, 0.2) is 72.1 Å². The predicted octanol–water partition coefficient (Wildman–Crippen LogP) is 4.84. The lowest BCUT2D eigenvalue weighted by molar-refractivity contribution is -0.127. The summed E-state index contributed by atoms with van der Waals surface area (Å²) in [5.41, 5.74) is 0.539. The fourth-order valence-corrected chi connectivity index (χ4v) is 5.02. The molecule has 1 aliphatic rings. The van der Waals surface area contributed by atoms with Gasteiger partial charge in [0, 0.05) is 17.3 Å². The van der Waals surface area contributed by atoms with Gasteiger partial charge in [-0.05, 0) is 42.5 Å². The van der Waals surface area contributed by atoms with E-state index < -0.39 is 23.7 Å². The van der Waals surface area contributed by atoms with Crippen LogP contribution in [0.5, 0.6) is 0 Å². The summed E-state index contributed by atoms with van der Waals surface area (Å²) in [5.74, 6) is -1.92. The van der Waals surface area contributed by atoms with Crippen LogP contribution in [0.25, 0.3) is 0 Å². The Labute approximate surface area is 208 Å². The van der Waals surface area contributed by atoms with E-state index in [1.807, 2.05) is 0 Å². The second-order valence-corrected chi connectivity index (χ2v) is 9.47. The highest BCUT2D eigenvalue weighted by molar-refractivity contribution is 7.12. The van der Waals surface area contributed by atoms with Crippen molar-refractivity contribution in [3.8, 4) is 0 Å². The highest BCUT2D eigenvalue weighted by atomic mass is 32.1. The lowest BCUT2D eigenvalue weighted by Gasteiger charge is -2.33. The normalized spacial score (nSPS) is 14.7. The number of nitrogens with one attached hydrogen (secondary N) is 2. The van der Waals surface area contributed by atoms with Gasteiger partial charge >= 0.3 is 0 Å². The van der Waals surface area contributed by atoms with Gasteiger partial charge in [0.2, 0.25) is 11.8 Å². The van der Waals surface area contributed by atoms with Gasteiger partial charge < -0.3 is 10.6 Å². The summed E-state index contributed by atoms with van der Waals surface area (Å²) in [6.45, 7) is -0.340. The molecule has 0 spiro atoms. The van der Waals surface area contributed by atoms with Crippen LogP contribution in [0.3, 0.4) is 0 Å². The molecular formula is C27H28FN3O3S. The van der Waals surface area contributed by atoms with E-state index in [4.69, 9.17) is 0 Å². The third kappa shape index (κ3) is 6.14. The van der Waals surface area contributed by atoms with E-state index in [2.05, 4.69) is 10.6 Å². The zero-order valence-corrected chi connectivity index (χ0v) is 20.1. The maximum Gasteiger partial charge on any atom is 0.261 e. The first-order valence-corrected chi connectivity index (χ1v) is 12.7. The smallest absolute Gasteiger partial charge is 0.261 e. The second kappa shape index (κ2) is 11.8. The molecule has 1 atom stereocenters. The molecule has 6 nitrogen and oxygen atoms in total. The van der Waals surface area contributed by atoms with Crippen molar-refractivity contribution in [3.05, 3.63) is 88.4 Å². The average molecular weight is 494 g/mol. The molecule has 2 N–H and O–H groups in total. The average Bonchev–Trinajstić information content (AvgIpc) is 3.42. The summed E-state index contributed by atoms with van der Waals surface area (Å²) in [4.78, 5) is 41.4. The molecule has 1 unspecified atom stereocenters. The summed E-state index contributed by atoms with van der Waals surface area (Å²) in [6, 6.07) is 16.8. The number of carbonyl (C=O) groups excluding carboxylic acids is 3. The minimum atomic E-state index is -1.23. The van der Waals surface area contributed by atoms with Gasteiger partial charge in [-0.15, -0.1) is 11.3 Å². The molecule has 4 rings (SSSR count). The lowest BCUT2D eigenvalue weighted by atomic mass is 9.94. The molecule has 3 amide bonds. The highest BCUT2D eigenvalue weighted by Crippen LogP contribution is 2.30. The summed E-state index contributed by atoms with van der Waals surface area (Å²) < 4.78 is 15.0. The van der Waals surface area contributed by atoms with Crippen LogP contribution >= 0.6 is 11.3 Å². The van der Waals surface area contributed by atoms with Gasteiger partial charge in [-0.3, -0.25) is 19.3 Å². The summed E-state index contributed by atoms with van der Waals surface area (Å²) in [6.07, 6.45) is 4.87. The SMILES string of the molecule is O=C(NCC(=O)N(c1ccccc1)C(C(=O)NC1CCCCC1)c1ccccc1F)c1cccs1. The third-order valence-electron chi connectivity index (χ3n) is 6.11. The van der Waals surface area contributed by atoms with Gasteiger partial charge in [0.05, 0.1) is 11.4 Å². The lowest BCUT2D eigenvalue weighted by Crippen LogP contribution is -2.50. The monoisotopic (exact) mass is 493 g/mol. The van der Waals surface area contributed by atoms with E-state index in [1.54, 1.807) is 60.0 Å². The van der Waals surface area contributed by atoms with E-state index >= 15 is 4.39 Å². The fourth-order valence-electron chi connectivity index (χ4n) is 4.38. The molecule has 1 saturated carbocycles. The minimum absolute atomic E-state index is 0.0169. The number of halogens is 1. The van der Waals surface area contributed by atoms with E-state index in [0.29, 0.717) is 10.6 Å². The van der Waals surface area contributed by atoms with Crippen molar-refractivity contribution >= 4 is 34.7 Å². The summed E-state index contributed by atoms with van der Waals surface area (Å²) >= 11 is 1.27. The molecule has 8 heteroatoms. The Morgan fingerprint density at radius 1 is 0.943 bits per heavy atom. The highest BCUT2D eigenvalue weighted by Gasteiger charge is 2.35. The van der Waals surface area contributed by atoms with Crippen LogP contribution in [-0.4, -0.2) is 30.3 Å². The molecular weight excluding hydrogens is 465 g/mol. The molecule has 1 aliphatic carbocycles. The van der Waals surface area contributed by atoms with Crippen LogP contribution in [0.2, 0.25) is 0 Å². The van der Waals surface area contributed by atoms with E-state index in [0.717, 1.165) is 32.1 Å². The van der Waals surface area contributed by atoms with Crippen molar-refractivity contribution in [3.63, 3.8) is 0 Å². The number of benzene rings is 2. The van der Waals surface area contributed by atoms with Crippen LogP contribution < -0.4 is 15.5 Å². The maximum atomic E-state index is 15.0. The van der Waals surface area contributed by atoms with Crippen molar-refractivity contribution in [2.75, 3.05) is 11.4 Å².